The predicted octanol–water partition coefficient (Wildman–Crippen LogP) is 2.22. The maximum absolute atomic E-state index is 12.8. The van der Waals surface area contributed by atoms with Crippen LogP contribution in [0.2, 0.25) is 0 Å². The molecule has 0 spiro atoms. The first-order valence-corrected chi connectivity index (χ1v) is 8.94. The molecule has 3 rings (SSSR count). The molecule has 1 heterocycles. The SMILES string of the molecule is CCc1cc(C(=O)N2CS(=O)(=O)c3ccccc32)cc(C#N)c1O. The largest absolute Gasteiger partial charge is 0.506 e. The molecule has 0 fully saturated rings. The van der Waals surface area contributed by atoms with E-state index in [1.54, 1.807) is 25.1 Å². The highest BCUT2D eigenvalue weighted by molar-refractivity contribution is 7.92. The van der Waals surface area contributed by atoms with Crippen LogP contribution in [0, 0.1) is 11.3 Å². The van der Waals surface area contributed by atoms with Crippen LogP contribution in [-0.2, 0) is 16.3 Å². The van der Waals surface area contributed by atoms with E-state index in [4.69, 9.17) is 5.26 Å². The molecule has 7 heteroatoms. The fourth-order valence-electron chi connectivity index (χ4n) is 2.75. The van der Waals surface area contributed by atoms with Crippen molar-refractivity contribution in [1.82, 2.24) is 0 Å². The Bertz CT molecular complexity index is 990. The predicted molar refractivity (Wildman–Crippen MR) is 87.5 cm³/mol. The van der Waals surface area contributed by atoms with E-state index in [1.165, 1.54) is 23.1 Å². The molecule has 0 aromatic heterocycles. The maximum Gasteiger partial charge on any atom is 0.259 e. The molecule has 0 radical (unpaired) electrons. The van der Waals surface area contributed by atoms with Crippen molar-refractivity contribution in [2.45, 2.75) is 18.2 Å². The van der Waals surface area contributed by atoms with Crippen LogP contribution in [0.1, 0.15) is 28.4 Å². The lowest BCUT2D eigenvalue weighted by atomic mass is 10.0. The second-order valence-electron chi connectivity index (χ2n) is 5.44. The fourth-order valence-corrected chi connectivity index (χ4v) is 4.27. The van der Waals surface area contributed by atoms with Gasteiger partial charge < -0.3 is 5.11 Å². The van der Waals surface area contributed by atoms with Crippen molar-refractivity contribution in [2.75, 3.05) is 10.8 Å². The summed E-state index contributed by atoms with van der Waals surface area (Å²) in [5.41, 5.74) is 0.959. The summed E-state index contributed by atoms with van der Waals surface area (Å²) >= 11 is 0. The molecule has 2 aromatic carbocycles. The second-order valence-corrected chi connectivity index (χ2v) is 7.37. The van der Waals surface area contributed by atoms with Gasteiger partial charge in [-0.25, -0.2) is 8.42 Å². The van der Waals surface area contributed by atoms with Gasteiger partial charge in [0.25, 0.3) is 5.91 Å². The molecule has 0 bridgehead atoms. The Balaban J connectivity index is 2.11. The number of hydrogen-bond acceptors (Lipinski definition) is 5. The van der Waals surface area contributed by atoms with Crippen LogP contribution in [0.4, 0.5) is 5.69 Å². The summed E-state index contributed by atoms with van der Waals surface area (Å²) in [5.74, 6) is -1.10. The van der Waals surface area contributed by atoms with Gasteiger partial charge in [-0.15, -0.1) is 0 Å². The van der Waals surface area contributed by atoms with Gasteiger partial charge >= 0.3 is 0 Å². The molecule has 6 nitrogen and oxygen atoms in total. The van der Waals surface area contributed by atoms with E-state index in [-0.39, 0.29) is 21.8 Å². The molecule has 24 heavy (non-hydrogen) atoms. The van der Waals surface area contributed by atoms with E-state index in [0.717, 1.165) is 0 Å². The highest BCUT2D eigenvalue weighted by Crippen LogP contribution is 2.35. The number of hydrogen-bond donors (Lipinski definition) is 1. The van der Waals surface area contributed by atoms with Crippen LogP contribution in [-0.4, -0.2) is 25.3 Å². The minimum Gasteiger partial charge on any atom is -0.506 e. The molecule has 122 valence electrons. The summed E-state index contributed by atoms with van der Waals surface area (Å²) in [5, 5.41) is 19.1. The van der Waals surface area contributed by atoms with Gasteiger partial charge in [-0.1, -0.05) is 19.1 Å². The number of rotatable bonds is 2. The Hall–Kier alpha value is -2.85. The van der Waals surface area contributed by atoms with E-state index < -0.39 is 21.6 Å². The fraction of sp³-hybridized carbons (Fsp3) is 0.176. The number of fused-ring (bicyclic) bond motifs is 1. The summed E-state index contributed by atoms with van der Waals surface area (Å²) in [7, 11) is -3.56. The standard InChI is InChI=1S/C17H14N2O4S/c1-2-11-7-12(8-13(9-18)16(11)20)17(21)19-10-24(22,23)15-6-4-3-5-14(15)19/h3-8,20H,2,10H2,1H3. The van der Waals surface area contributed by atoms with Crippen molar-refractivity contribution >= 4 is 21.4 Å². The quantitative estimate of drug-likeness (QED) is 0.902. The summed E-state index contributed by atoms with van der Waals surface area (Å²) < 4.78 is 24.4. The van der Waals surface area contributed by atoms with Crippen LogP contribution >= 0.6 is 0 Å². The molecule has 2 aromatic rings. The average molecular weight is 342 g/mol. The lowest BCUT2D eigenvalue weighted by Gasteiger charge is -2.17. The summed E-state index contributed by atoms with van der Waals surface area (Å²) in [4.78, 5) is 14.1. The Morgan fingerprint density at radius 2 is 2.04 bits per heavy atom. The van der Waals surface area contributed by atoms with Crippen LogP contribution in [0.25, 0.3) is 0 Å². The zero-order valence-corrected chi connectivity index (χ0v) is 13.7. The van der Waals surface area contributed by atoms with Gasteiger partial charge in [0, 0.05) is 5.56 Å². The van der Waals surface area contributed by atoms with Crippen LogP contribution in [0.3, 0.4) is 0 Å². The van der Waals surface area contributed by atoms with Crippen LogP contribution < -0.4 is 4.90 Å². The number of nitrogens with zero attached hydrogens (tertiary/aromatic N) is 2. The lowest BCUT2D eigenvalue weighted by molar-refractivity contribution is 0.0991. The van der Waals surface area contributed by atoms with Gasteiger partial charge in [0.2, 0.25) is 0 Å². The minimum atomic E-state index is -3.56. The third-order valence-corrected chi connectivity index (χ3v) is 5.59. The van der Waals surface area contributed by atoms with Crippen LogP contribution in [0.15, 0.2) is 41.3 Å². The van der Waals surface area contributed by atoms with E-state index in [0.29, 0.717) is 17.7 Å². The Kier molecular flexibility index (Phi) is 3.78. The minimum absolute atomic E-state index is 0.00645. The molecular weight excluding hydrogens is 328 g/mol. The summed E-state index contributed by atoms with van der Waals surface area (Å²) in [6.45, 7) is 1.79. The van der Waals surface area contributed by atoms with Crippen molar-refractivity contribution in [3.63, 3.8) is 0 Å². The molecule has 0 aliphatic carbocycles. The number of anilines is 1. The normalized spacial score (nSPS) is 14.9. The molecule has 0 saturated heterocycles. The molecule has 1 amide bonds. The number of aromatic hydroxyl groups is 1. The van der Waals surface area contributed by atoms with Crippen molar-refractivity contribution in [3.05, 3.63) is 53.1 Å². The number of phenols is 1. The zero-order chi connectivity index (χ0) is 17.5. The number of aryl methyl sites for hydroxylation is 1. The molecule has 0 atom stereocenters. The summed E-state index contributed by atoms with van der Waals surface area (Å²) in [6, 6.07) is 10.9. The number of carbonyl (C=O) groups excluding carboxylic acids is 1. The van der Waals surface area contributed by atoms with Crippen molar-refractivity contribution < 1.29 is 18.3 Å². The molecule has 1 aliphatic rings. The zero-order valence-electron chi connectivity index (χ0n) is 12.9. The maximum atomic E-state index is 12.8. The molecule has 1 aliphatic heterocycles. The number of phenolic OH excluding ortho intramolecular Hbond substituents is 1. The smallest absolute Gasteiger partial charge is 0.259 e. The first kappa shape index (κ1) is 16.0. The van der Waals surface area contributed by atoms with Crippen molar-refractivity contribution in [2.24, 2.45) is 0 Å². The van der Waals surface area contributed by atoms with Crippen molar-refractivity contribution in [3.8, 4) is 11.8 Å². The Morgan fingerprint density at radius 1 is 1.33 bits per heavy atom. The third kappa shape index (κ3) is 2.41. The van der Waals surface area contributed by atoms with Gasteiger partial charge in [0.1, 0.15) is 17.7 Å². The monoisotopic (exact) mass is 342 g/mol. The van der Waals surface area contributed by atoms with E-state index >= 15 is 0 Å². The molecule has 0 unspecified atom stereocenters. The topological polar surface area (TPSA) is 98.5 Å². The highest BCUT2D eigenvalue weighted by Gasteiger charge is 2.36. The number of carbonyl (C=O) groups is 1. The van der Waals surface area contributed by atoms with E-state index in [1.807, 2.05) is 6.07 Å². The Morgan fingerprint density at radius 3 is 2.71 bits per heavy atom. The second kappa shape index (κ2) is 5.65. The lowest BCUT2D eigenvalue weighted by Crippen LogP contribution is -2.30. The third-order valence-electron chi connectivity index (χ3n) is 3.97. The van der Waals surface area contributed by atoms with E-state index in [2.05, 4.69) is 0 Å². The van der Waals surface area contributed by atoms with Gasteiger partial charge in [-0.3, -0.25) is 9.69 Å². The molecule has 1 N–H and O–H groups in total. The average Bonchev–Trinajstić information content (AvgIpc) is 2.86. The Labute approximate surface area is 139 Å². The van der Waals surface area contributed by atoms with E-state index in [9.17, 15) is 18.3 Å². The number of benzene rings is 2. The van der Waals surface area contributed by atoms with Gasteiger partial charge in [0.05, 0.1) is 16.1 Å². The number of para-hydroxylation sites is 1. The number of sulfone groups is 1. The van der Waals surface area contributed by atoms with Crippen molar-refractivity contribution in [1.29, 1.82) is 5.26 Å². The van der Waals surface area contributed by atoms with Gasteiger partial charge in [0.15, 0.2) is 9.84 Å². The number of nitriles is 1. The molecular formula is C17H14N2O4S. The van der Waals surface area contributed by atoms with Gasteiger partial charge in [-0.05, 0) is 36.2 Å². The highest BCUT2D eigenvalue weighted by atomic mass is 32.2. The number of amides is 1. The molecule has 0 saturated carbocycles. The summed E-state index contributed by atoms with van der Waals surface area (Å²) in [6.07, 6.45) is 0.441. The first-order valence-electron chi connectivity index (χ1n) is 7.28. The van der Waals surface area contributed by atoms with Crippen LogP contribution in [0.5, 0.6) is 5.75 Å². The van der Waals surface area contributed by atoms with Gasteiger partial charge in [-0.2, -0.15) is 5.26 Å². The first-order chi connectivity index (χ1) is 11.4.